The third kappa shape index (κ3) is 7.61. The molecule has 3 amide bonds. The fraction of sp³-hybridized carbons (Fsp3) is 0.467. The Kier molecular flexibility index (Phi) is 8.86. The van der Waals surface area contributed by atoms with Gasteiger partial charge >= 0.3 is 12.2 Å². The molecule has 2 N–H and O–H groups in total. The summed E-state index contributed by atoms with van der Waals surface area (Å²) in [7, 11) is 0. The number of rotatable bonds is 5. The number of fused-ring (bicyclic) bond motifs is 1. The highest BCUT2D eigenvalue weighted by molar-refractivity contribution is 6.09. The molecule has 2 aromatic rings. The van der Waals surface area contributed by atoms with Crippen molar-refractivity contribution in [3.8, 4) is 0 Å². The summed E-state index contributed by atoms with van der Waals surface area (Å²) in [5.41, 5.74) is -0.956. The van der Waals surface area contributed by atoms with E-state index in [1.807, 2.05) is 0 Å². The third-order valence-corrected chi connectivity index (χ3v) is 6.34. The minimum Gasteiger partial charge on any atom is -0.444 e. The molecule has 42 heavy (non-hydrogen) atoms. The number of imide groups is 1. The Bertz CT molecular complexity index is 1380. The number of hydrogen-bond donors (Lipinski definition) is 2. The zero-order chi connectivity index (χ0) is 30.8. The predicted octanol–water partition coefficient (Wildman–Crippen LogP) is 5.52. The van der Waals surface area contributed by atoms with Crippen molar-refractivity contribution in [2.24, 2.45) is 0 Å². The monoisotopic (exact) mass is 586 g/mol. The minimum absolute atomic E-state index is 0.0224. The van der Waals surface area contributed by atoms with Crippen LogP contribution in [0.5, 0.6) is 0 Å². The largest absolute Gasteiger partial charge is 0.444 e. The number of carbonyl (C=O) groups excluding carboxylic acids is 3. The number of nitrogens with one attached hydrogen (secondary N) is 2. The zero-order valence-electron chi connectivity index (χ0n) is 24.5. The summed E-state index contributed by atoms with van der Waals surface area (Å²) in [6.45, 7) is 10.4. The van der Waals surface area contributed by atoms with Crippen LogP contribution in [0.4, 0.5) is 24.2 Å². The summed E-state index contributed by atoms with van der Waals surface area (Å²) in [6.07, 6.45) is 1.98. The number of aromatic nitrogens is 1. The fourth-order valence-corrected chi connectivity index (χ4v) is 4.50. The van der Waals surface area contributed by atoms with Gasteiger partial charge in [-0.15, -0.1) is 0 Å². The number of nitrogens with zero attached hydrogens (tertiary/aromatic N) is 2. The van der Waals surface area contributed by atoms with Crippen molar-refractivity contribution in [2.45, 2.75) is 77.8 Å². The van der Waals surface area contributed by atoms with Gasteiger partial charge in [-0.25, -0.2) is 28.3 Å². The van der Waals surface area contributed by atoms with Crippen LogP contribution in [0, 0.1) is 11.6 Å². The first kappa shape index (κ1) is 30.9. The number of alkyl carbamates (subject to hydrolysis) is 1. The van der Waals surface area contributed by atoms with E-state index in [9.17, 15) is 18.8 Å². The van der Waals surface area contributed by atoms with Gasteiger partial charge in [0.05, 0.1) is 36.5 Å². The van der Waals surface area contributed by atoms with Crippen molar-refractivity contribution in [1.82, 2.24) is 15.2 Å². The van der Waals surface area contributed by atoms with Gasteiger partial charge < -0.3 is 24.8 Å². The second kappa shape index (κ2) is 12.0. The molecule has 2 aliphatic heterocycles. The summed E-state index contributed by atoms with van der Waals surface area (Å²) < 4.78 is 45.7. The summed E-state index contributed by atoms with van der Waals surface area (Å²) in [4.78, 5) is 43.9. The zero-order valence-corrected chi connectivity index (χ0v) is 24.5. The van der Waals surface area contributed by atoms with E-state index in [4.69, 9.17) is 14.2 Å². The predicted molar refractivity (Wildman–Crippen MR) is 152 cm³/mol. The van der Waals surface area contributed by atoms with Gasteiger partial charge in [-0.2, -0.15) is 0 Å². The lowest BCUT2D eigenvalue weighted by molar-refractivity contribution is 0.0246. The fourth-order valence-electron chi connectivity index (χ4n) is 4.50. The summed E-state index contributed by atoms with van der Waals surface area (Å²) in [5, 5.41) is 5.84. The smallest absolute Gasteiger partial charge is 0.417 e. The lowest BCUT2D eigenvalue weighted by atomic mass is 10.0. The van der Waals surface area contributed by atoms with Gasteiger partial charge in [-0.1, -0.05) is 18.2 Å². The normalized spacial score (nSPS) is 19.0. The molecule has 1 aromatic heterocycles. The number of ether oxygens (including phenoxy) is 3. The maximum Gasteiger partial charge on any atom is 0.417 e. The molecule has 2 atom stereocenters. The molecule has 12 heteroatoms. The summed E-state index contributed by atoms with van der Waals surface area (Å²) in [5.74, 6) is -2.11. The standard InChI is InChI=1S/C30H36F2N4O6/c1-29(2,3)41-27(38)35-22-16-40-14-13-20(22)33-25-24(32)19-15-36(28(39)42-30(4,5)6)26(37)23(19)21(34-25)12-9-17-7-10-18(31)11-8-17/h7-12,20,22H,13-16H2,1-6H3,(H,33,34)(H,35,38)/b12-9+/t20-,22+/m1/s1. The van der Waals surface area contributed by atoms with E-state index < -0.39 is 53.0 Å². The highest BCUT2D eigenvalue weighted by Gasteiger charge is 2.40. The van der Waals surface area contributed by atoms with Crippen LogP contribution in [-0.2, 0) is 20.8 Å². The molecule has 0 aliphatic carbocycles. The molecule has 10 nitrogen and oxygen atoms in total. The van der Waals surface area contributed by atoms with Crippen LogP contribution in [0.3, 0.4) is 0 Å². The molecule has 4 rings (SSSR count). The molecule has 3 heterocycles. The Balaban J connectivity index is 1.68. The van der Waals surface area contributed by atoms with Gasteiger partial charge in [0.1, 0.15) is 17.0 Å². The Hall–Kier alpha value is -4.06. The highest BCUT2D eigenvalue weighted by atomic mass is 19.1. The number of carbonyl (C=O) groups is 3. The lowest BCUT2D eigenvalue weighted by Gasteiger charge is -2.33. The quantitative estimate of drug-likeness (QED) is 0.471. The highest BCUT2D eigenvalue weighted by Crippen LogP contribution is 2.33. The van der Waals surface area contributed by atoms with E-state index in [2.05, 4.69) is 15.6 Å². The average Bonchev–Trinajstić information content (AvgIpc) is 3.23. The van der Waals surface area contributed by atoms with Gasteiger partial charge in [0.2, 0.25) is 0 Å². The second-order valence-corrected chi connectivity index (χ2v) is 12.1. The molecule has 0 unspecified atom stereocenters. The summed E-state index contributed by atoms with van der Waals surface area (Å²) in [6, 6.07) is 4.60. The molecule has 0 bridgehead atoms. The Labute approximate surface area is 243 Å². The second-order valence-electron chi connectivity index (χ2n) is 12.1. The number of amides is 3. The maximum atomic E-state index is 16.0. The third-order valence-electron chi connectivity index (χ3n) is 6.34. The van der Waals surface area contributed by atoms with E-state index in [1.54, 1.807) is 59.8 Å². The van der Waals surface area contributed by atoms with Crippen LogP contribution < -0.4 is 10.6 Å². The van der Waals surface area contributed by atoms with E-state index in [0.717, 1.165) is 4.90 Å². The Morgan fingerprint density at radius 2 is 1.69 bits per heavy atom. The molecule has 226 valence electrons. The first-order valence-electron chi connectivity index (χ1n) is 13.7. The molecular weight excluding hydrogens is 550 g/mol. The molecule has 0 radical (unpaired) electrons. The summed E-state index contributed by atoms with van der Waals surface area (Å²) >= 11 is 0. The van der Waals surface area contributed by atoms with Crippen LogP contribution in [0.1, 0.15) is 75.1 Å². The van der Waals surface area contributed by atoms with Crippen LogP contribution in [-0.4, -0.2) is 64.5 Å². The van der Waals surface area contributed by atoms with Crippen LogP contribution in [0.15, 0.2) is 24.3 Å². The van der Waals surface area contributed by atoms with Gasteiger partial charge in [0.15, 0.2) is 11.6 Å². The molecule has 0 spiro atoms. The number of benzene rings is 1. The number of anilines is 1. The van der Waals surface area contributed by atoms with Gasteiger partial charge in [-0.05, 0) is 71.7 Å². The average molecular weight is 587 g/mol. The topological polar surface area (TPSA) is 119 Å². The van der Waals surface area contributed by atoms with Crippen molar-refractivity contribution in [3.63, 3.8) is 0 Å². The Morgan fingerprint density at radius 1 is 1.02 bits per heavy atom. The van der Waals surface area contributed by atoms with Crippen molar-refractivity contribution in [1.29, 1.82) is 0 Å². The van der Waals surface area contributed by atoms with Crippen LogP contribution in [0.25, 0.3) is 12.2 Å². The van der Waals surface area contributed by atoms with Crippen molar-refractivity contribution in [2.75, 3.05) is 18.5 Å². The molecule has 2 aliphatic rings. The molecular formula is C30H36F2N4O6. The molecule has 0 saturated carbocycles. The van der Waals surface area contributed by atoms with Crippen molar-refractivity contribution in [3.05, 3.63) is 58.3 Å². The SMILES string of the molecule is CC(C)(C)OC(=O)N[C@H]1COCC[C@H]1Nc1nc(/C=C/c2ccc(F)cc2)c2c(c1F)CN(C(=O)OC(C)(C)C)C2=O. The number of hydrogen-bond acceptors (Lipinski definition) is 8. The Morgan fingerprint density at radius 3 is 2.33 bits per heavy atom. The molecule has 1 aromatic carbocycles. The van der Waals surface area contributed by atoms with Crippen LogP contribution >= 0.6 is 0 Å². The first-order chi connectivity index (χ1) is 19.6. The van der Waals surface area contributed by atoms with Crippen molar-refractivity contribution < 1.29 is 37.4 Å². The maximum absolute atomic E-state index is 16.0. The van der Waals surface area contributed by atoms with E-state index in [1.165, 1.54) is 18.2 Å². The van der Waals surface area contributed by atoms with E-state index in [-0.39, 0.29) is 35.8 Å². The van der Waals surface area contributed by atoms with Gasteiger partial charge in [-0.3, -0.25) is 4.79 Å². The van der Waals surface area contributed by atoms with Crippen LogP contribution in [0.2, 0.25) is 0 Å². The number of halogens is 2. The number of pyridine rings is 1. The van der Waals surface area contributed by atoms with E-state index in [0.29, 0.717) is 18.6 Å². The minimum atomic E-state index is -0.905. The van der Waals surface area contributed by atoms with E-state index >= 15 is 4.39 Å². The van der Waals surface area contributed by atoms with Gasteiger partial charge in [0.25, 0.3) is 5.91 Å². The molecule has 1 saturated heterocycles. The first-order valence-corrected chi connectivity index (χ1v) is 13.7. The van der Waals surface area contributed by atoms with Crippen molar-refractivity contribution >= 4 is 36.1 Å². The lowest BCUT2D eigenvalue weighted by Crippen LogP contribution is -2.53. The molecule has 1 fully saturated rings. The van der Waals surface area contributed by atoms with Gasteiger partial charge in [0, 0.05) is 12.2 Å².